The van der Waals surface area contributed by atoms with Crippen LogP contribution in [0.1, 0.15) is 26.7 Å². The van der Waals surface area contributed by atoms with E-state index in [4.69, 9.17) is 4.74 Å². The molecule has 0 fully saturated rings. The van der Waals surface area contributed by atoms with Crippen molar-refractivity contribution in [1.82, 2.24) is 0 Å². The van der Waals surface area contributed by atoms with Crippen molar-refractivity contribution in [3.05, 3.63) is 0 Å². The molecule has 0 spiro atoms. The first kappa shape index (κ1) is 18.5. The van der Waals surface area contributed by atoms with Crippen LogP contribution in [0.4, 0.5) is 22.0 Å². The van der Waals surface area contributed by atoms with Crippen LogP contribution >= 0.6 is 11.8 Å². The van der Waals surface area contributed by atoms with E-state index < -0.39 is 36.2 Å². The molecule has 0 aliphatic rings. The molecule has 0 radical (unpaired) electrons. The predicted molar refractivity (Wildman–Crippen MR) is 63.6 cm³/mol. The van der Waals surface area contributed by atoms with E-state index in [0.717, 1.165) is 11.8 Å². The number of hydrogen-bond acceptors (Lipinski definition) is 3. The maximum atomic E-state index is 12.9. The van der Waals surface area contributed by atoms with Crippen LogP contribution in [0.15, 0.2) is 0 Å². The molecule has 2 unspecified atom stereocenters. The Balaban J connectivity index is 3.94. The molecule has 19 heavy (non-hydrogen) atoms. The Morgan fingerprint density at radius 3 is 2.37 bits per heavy atom. The Bertz CT molecular complexity index is 276. The van der Waals surface area contributed by atoms with Crippen molar-refractivity contribution in [2.45, 2.75) is 50.5 Å². The number of hydrogen-bond donors (Lipinski definition) is 0. The van der Waals surface area contributed by atoms with Gasteiger partial charge in [-0.2, -0.15) is 0 Å². The summed E-state index contributed by atoms with van der Waals surface area (Å²) in [6.07, 6.45) is -8.27. The highest BCUT2D eigenvalue weighted by Gasteiger charge is 2.45. The fraction of sp³-hybridized carbons (Fsp3) is 0.909. The van der Waals surface area contributed by atoms with Gasteiger partial charge in [-0.3, -0.25) is 4.79 Å². The van der Waals surface area contributed by atoms with Crippen LogP contribution in [-0.4, -0.2) is 42.1 Å². The summed E-state index contributed by atoms with van der Waals surface area (Å²) in [7, 11) is 0. The van der Waals surface area contributed by atoms with E-state index in [2.05, 4.69) is 0 Å². The lowest BCUT2D eigenvalue weighted by atomic mass is 10.1. The van der Waals surface area contributed by atoms with Gasteiger partial charge in [0.1, 0.15) is 0 Å². The third kappa shape index (κ3) is 6.98. The van der Waals surface area contributed by atoms with Gasteiger partial charge in [-0.05, 0) is 26.0 Å². The normalized spacial score (nSPS) is 15.4. The smallest absolute Gasteiger partial charge is 0.318 e. The molecular weight excluding hydrogens is 291 g/mol. The largest absolute Gasteiger partial charge is 0.465 e. The van der Waals surface area contributed by atoms with E-state index in [1.54, 1.807) is 13.8 Å². The summed E-state index contributed by atoms with van der Waals surface area (Å²) in [5, 5.41) is -0.523. The van der Waals surface area contributed by atoms with Crippen molar-refractivity contribution < 1.29 is 31.5 Å². The molecule has 0 aliphatic carbocycles. The maximum absolute atomic E-state index is 12.9. The molecule has 2 nitrogen and oxygen atoms in total. The number of alkyl halides is 5. The average molecular weight is 308 g/mol. The standard InChI is InChI=1S/C11H17F5O2S/c1-3-18-10(17)7(2)19-6-4-5-11(15,16)8(12)9(13)14/h7-9H,3-6H2,1-2H3. The lowest BCUT2D eigenvalue weighted by Crippen LogP contribution is -2.35. The van der Waals surface area contributed by atoms with E-state index >= 15 is 0 Å². The molecule has 114 valence electrons. The van der Waals surface area contributed by atoms with E-state index in [1.807, 2.05) is 0 Å². The van der Waals surface area contributed by atoms with Crippen LogP contribution in [0, 0.1) is 0 Å². The molecule has 0 aliphatic heterocycles. The minimum absolute atomic E-state index is 0.144. The summed E-state index contributed by atoms with van der Waals surface area (Å²) in [5.41, 5.74) is 0. The summed E-state index contributed by atoms with van der Waals surface area (Å²) < 4.78 is 66.7. The van der Waals surface area contributed by atoms with Crippen LogP contribution in [-0.2, 0) is 9.53 Å². The summed E-state index contributed by atoms with van der Waals surface area (Å²) in [5.74, 6) is -4.36. The number of carbonyl (C=O) groups is 1. The Morgan fingerprint density at radius 1 is 1.32 bits per heavy atom. The number of thioether (sulfide) groups is 1. The minimum atomic E-state index is -4.04. The number of ether oxygens (including phenoxy) is 1. The van der Waals surface area contributed by atoms with Gasteiger partial charge in [0.2, 0.25) is 6.17 Å². The molecule has 0 N–H and O–H groups in total. The summed E-state index contributed by atoms with van der Waals surface area (Å²) in [6.45, 7) is 3.42. The molecule has 2 atom stereocenters. The van der Waals surface area contributed by atoms with Gasteiger partial charge in [-0.15, -0.1) is 11.8 Å². The van der Waals surface area contributed by atoms with E-state index in [1.165, 1.54) is 0 Å². The lowest BCUT2D eigenvalue weighted by Gasteiger charge is -2.20. The third-order valence-electron chi connectivity index (χ3n) is 2.27. The zero-order chi connectivity index (χ0) is 15.1. The molecule has 0 aromatic carbocycles. The SMILES string of the molecule is CCOC(=O)C(C)SCCCC(F)(F)C(F)C(F)F. The molecule has 0 bridgehead atoms. The molecule has 0 saturated carbocycles. The number of carbonyl (C=O) groups excluding carboxylic acids is 1. The quantitative estimate of drug-likeness (QED) is 0.369. The van der Waals surface area contributed by atoms with Crippen LogP contribution in [0.2, 0.25) is 0 Å². The van der Waals surface area contributed by atoms with Crippen molar-refractivity contribution in [3.8, 4) is 0 Å². The van der Waals surface area contributed by atoms with Gasteiger partial charge >= 0.3 is 5.97 Å². The molecular formula is C11H17F5O2S. The van der Waals surface area contributed by atoms with Crippen LogP contribution < -0.4 is 0 Å². The van der Waals surface area contributed by atoms with Crippen LogP contribution in [0.3, 0.4) is 0 Å². The van der Waals surface area contributed by atoms with Gasteiger partial charge in [0.25, 0.3) is 12.3 Å². The molecule has 0 rings (SSSR count). The van der Waals surface area contributed by atoms with Gasteiger partial charge in [-0.25, -0.2) is 22.0 Å². The molecule has 0 aromatic heterocycles. The van der Waals surface area contributed by atoms with Crippen molar-refractivity contribution in [1.29, 1.82) is 0 Å². The zero-order valence-electron chi connectivity index (χ0n) is 10.7. The Morgan fingerprint density at radius 2 is 1.89 bits per heavy atom. The van der Waals surface area contributed by atoms with E-state index in [9.17, 15) is 26.7 Å². The monoisotopic (exact) mass is 308 g/mol. The predicted octanol–water partition coefficient (Wildman–Crippen LogP) is 3.69. The zero-order valence-corrected chi connectivity index (χ0v) is 11.5. The molecule has 0 amide bonds. The summed E-state index contributed by atoms with van der Waals surface area (Å²) >= 11 is 1.07. The maximum Gasteiger partial charge on any atom is 0.318 e. The van der Waals surface area contributed by atoms with Gasteiger partial charge in [0.15, 0.2) is 0 Å². The van der Waals surface area contributed by atoms with Crippen LogP contribution in [0.5, 0.6) is 0 Å². The average Bonchev–Trinajstić information content (AvgIpc) is 2.33. The number of halogens is 5. The Hall–Kier alpha value is -0.530. The fourth-order valence-electron chi connectivity index (χ4n) is 1.22. The highest BCUT2D eigenvalue weighted by Crippen LogP contribution is 2.31. The van der Waals surface area contributed by atoms with Crippen molar-refractivity contribution in [2.75, 3.05) is 12.4 Å². The molecule has 8 heteroatoms. The fourth-order valence-corrected chi connectivity index (χ4v) is 2.09. The first-order chi connectivity index (χ1) is 8.72. The second-order valence-electron chi connectivity index (χ2n) is 3.87. The van der Waals surface area contributed by atoms with Crippen molar-refractivity contribution in [3.63, 3.8) is 0 Å². The third-order valence-corrected chi connectivity index (χ3v) is 3.48. The lowest BCUT2D eigenvalue weighted by molar-refractivity contribution is -0.142. The first-order valence-corrected chi connectivity index (χ1v) is 6.85. The van der Waals surface area contributed by atoms with Gasteiger partial charge in [0, 0.05) is 6.42 Å². The van der Waals surface area contributed by atoms with Gasteiger partial charge in [-0.1, -0.05) is 0 Å². The minimum Gasteiger partial charge on any atom is -0.465 e. The van der Waals surface area contributed by atoms with Gasteiger partial charge in [0.05, 0.1) is 11.9 Å². The number of esters is 1. The Labute approximate surface area is 113 Å². The Kier molecular flexibility index (Phi) is 8.36. The highest BCUT2D eigenvalue weighted by atomic mass is 32.2. The highest BCUT2D eigenvalue weighted by molar-refractivity contribution is 8.00. The van der Waals surface area contributed by atoms with Crippen molar-refractivity contribution >= 4 is 17.7 Å². The topological polar surface area (TPSA) is 26.3 Å². The summed E-state index contributed by atoms with van der Waals surface area (Å²) in [6, 6.07) is 0. The molecule has 0 saturated heterocycles. The van der Waals surface area contributed by atoms with Gasteiger partial charge < -0.3 is 4.74 Å². The van der Waals surface area contributed by atoms with E-state index in [0.29, 0.717) is 0 Å². The van der Waals surface area contributed by atoms with Crippen LogP contribution in [0.25, 0.3) is 0 Å². The number of rotatable bonds is 9. The summed E-state index contributed by atoms with van der Waals surface area (Å²) in [4.78, 5) is 11.2. The van der Waals surface area contributed by atoms with Crippen molar-refractivity contribution in [2.24, 2.45) is 0 Å². The second kappa shape index (κ2) is 8.60. The van der Waals surface area contributed by atoms with E-state index in [-0.39, 0.29) is 18.8 Å². The second-order valence-corrected chi connectivity index (χ2v) is 5.31. The molecule has 0 heterocycles. The first-order valence-electron chi connectivity index (χ1n) is 5.80. The molecule has 0 aromatic rings.